The number of nitrogens with zero attached hydrogens (tertiary/aromatic N) is 1. The summed E-state index contributed by atoms with van der Waals surface area (Å²) in [6, 6.07) is 8.12. The summed E-state index contributed by atoms with van der Waals surface area (Å²) in [4.78, 5) is 2.29. The Morgan fingerprint density at radius 1 is 1.20 bits per heavy atom. The SMILES string of the molecule is Fc1cccc(N2CC3CCC(C2)N3)c1. The molecule has 0 aliphatic carbocycles. The molecule has 3 heteroatoms. The Bertz CT molecular complexity index is 354. The predicted molar refractivity (Wildman–Crippen MR) is 58.6 cm³/mol. The summed E-state index contributed by atoms with van der Waals surface area (Å²) in [5.74, 6) is -0.140. The number of rotatable bonds is 1. The first-order valence-electron chi connectivity index (χ1n) is 5.58. The van der Waals surface area contributed by atoms with Crippen LogP contribution < -0.4 is 10.2 Å². The first-order valence-corrected chi connectivity index (χ1v) is 5.58. The molecule has 2 saturated heterocycles. The van der Waals surface area contributed by atoms with Gasteiger partial charge >= 0.3 is 0 Å². The summed E-state index contributed by atoms with van der Waals surface area (Å²) in [5.41, 5.74) is 1.02. The van der Waals surface area contributed by atoms with E-state index in [4.69, 9.17) is 0 Å². The highest BCUT2D eigenvalue weighted by molar-refractivity contribution is 5.47. The van der Waals surface area contributed by atoms with Gasteiger partial charge in [-0.3, -0.25) is 0 Å². The number of benzene rings is 1. The van der Waals surface area contributed by atoms with Crippen molar-refractivity contribution in [2.24, 2.45) is 0 Å². The van der Waals surface area contributed by atoms with Crippen LogP contribution in [0.5, 0.6) is 0 Å². The fourth-order valence-corrected chi connectivity index (χ4v) is 2.68. The highest BCUT2D eigenvalue weighted by Gasteiger charge is 2.32. The standard InChI is InChI=1S/C12H15FN2/c13-9-2-1-3-12(6-9)15-7-10-4-5-11(8-15)14-10/h1-3,6,10-11,14H,4-5,7-8H2. The largest absolute Gasteiger partial charge is 0.368 e. The minimum Gasteiger partial charge on any atom is -0.368 e. The molecule has 0 spiro atoms. The van der Waals surface area contributed by atoms with Gasteiger partial charge in [-0.15, -0.1) is 0 Å². The van der Waals surface area contributed by atoms with Crippen LogP contribution >= 0.6 is 0 Å². The Balaban J connectivity index is 1.83. The average molecular weight is 206 g/mol. The molecular weight excluding hydrogens is 191 g/mol. The van der Waals surface area contributed by atoms with Crippen molar-refractivity contribution in [3.63, 3.8) is 0 Å². The number of piperazine rings is 1. The van der Waals surface area contributed by atoms with Crippen LogP contribution in [0.3, 0.4) is 0 Å². The number of halogens is 1. The van der Waals surface area contributed by atoms with E-state index in [1.165, 1.54) is 18.9 Å². The lowest BCUT2D eigenvalue weighted by Gasteiger charge is -2.34. The van der Waals surface area contributed by atoms with E-state index in [0.717, 1.165) is 18.8 Å². The van der Waals surface area contributed by atoms with Crippen LogP contribution in [0.2, 0.25) is 0 Å². The maximum atomic E-state index is 13.1. The topological polar surface area (TPSA) is 15.3 Å². The molecule has 2 nitrogen and oxygen atoms in total. The monoisotopic (exact) mass is 206 g/mol. The third kappa shape index (κ3) is 1.72. The third-order valence-corrected chi connectivity index (χ3v) is 3.39. The van der Waals surface area contributed by atoms with Crippen molar-refractivity contribution in [2.75, 3.05) is 18.0 Å². The average Bonchev–Trinajstić information content (AvgIpc) is 2.58. The lowest BCUT2D eigenvalue weighted by molar-refractivity contribution is 0.465. The van der Waals surface area contributed by atoms with Gasteiger partial charge < -0.3 is 10.2 Å². The summed E-state index contributed by atoms with van der Waals surface area (Å²) < 4.78 is 13.1. The fourth-order valence-electron chi connectivity index (χ4n) is 2.68. The van der Waals surface area contributed by atoms with Crippen LogP contribution in [0, 0.1) is 5.82 Å². The molecule has 1 aromatic rings. The van der Waals surface area contributed by atoms with Gasteiger partial charge in [-0.05, 0) is 31.0 Å². The first-order chi connectivity index (χ1) is 7.31. The molecule has 2 aliphatic heterocycles. The molecule has 1 N–H and O–H groups in total. The Morgan fingerprint density at radius 2 is 1.93 bits per heavy atom. The van der Waals surface area contributed by atoms with E-state index in [0.29, 0.717) is 12.1 Å². The number of hydrogen-bond acceptors (Lipinski definition) is 2. The zero-order chi connectivity index (χ0) is 10.3. The molecule has 2 heterocycles. The summed E-state index contributed by atoms with van der Waals surface area (Å²) >= 11 is 0. The van der Waals surface area contributed by atoms with Crippen LogP contribution in [-0.2, 0) is 0 Å². The summed E-state index contributed by atoms with van der Waals surface area (Å²) in [7, 11) is 0. The second kappa shape index (κ2) is 3.49. The van der Waals surface area contributed by atoms with Gasteiger partial charge in [0.1, 0.15) is 5.82 Å². The van der Waals surface area contributed by atoms with Crippen LogP contribution in [0.4, 0.5) is 10.1 Å². The molecule has 2 fully saturated rings. The lowest BCUT2D eigenvalue weighted by atomic mass is 10.2. The van der Waals surface area contributed by atoms with E-state index in [9.17, 15) is 4.39 Å². The van der Waals surface area contributed by atoms with Crippen molar-refractivity contribution in [1.82, 2.24) is 5.32 Å². The van der Waals surface area contributed by atoms with E-state index in [1.807, 2.05) is 6.07 Å². The molecule has 2 unspecified atom stereocenters. The zero-order valence-corrected chi connectivity index (χ0v) is 8.62. The summed E-state index contributed by atoms with van der Waals surface area (Å²) in [6.07, 6.45) is 2.52. The van der Waals surface area contributed by atoms with Gasteiger partial charge in [0.2, 0.25) is 0 Å². The molecule has 0 aromatic heterocycles. The van der Waals surface area contributed by atoms with Gasteiger partial charge in [-0.2, -0.15) is 0 Å². The highest BCUT2D eigenvalue weighted by Crippen LogP contribution is 2.25. The minimum atomic E-state index is -0.140. The molecule has 0 radical (unpaired) electrons. The third-order valence-electron chi connectivity index (χ3n) is 3.39. The van der Waals surface area contributed by atoms with Crippen molar-refractivity contribution in [1.29, 1.82) is 0 Å². The van der Waals surface area contributed by atoms with E-state index in [1.54, 1.807) is 12.1 Å². The number of hydrogen-bond donors (Lipinski definition) is 1. The smallest absolute Gasteiger partial charge is 0.125 e. The normalized spacial score (nSPS) is 29.5. The summed E-state index contributed by atoms with van der Waals surface area (Å²) in [6.45, 7) is 2.03. The van der Waals surface area contributed by atoms with Crippen molar-refractivity contribution < 1.29 is 4.39 Å². The molecule has 80 valence electrons. The molecule has 2 aliphatic rings. The van der Waals surface area contributed by atoms with Gasteiger partial charge in [-0.1, -0.05) is 6.07 Å². The molecule has 0 amide bonds. The van der Waals surface area contributed by atoms with Crippen molar-refractivity contribution in [2.45, 2.75) is 24.9 Å². The first kappa shape index (κ1) is 9.16. The minimum absolute atomic E-state index is 0.140. The van der Waals surface area contributed by atoms with Crippen LogP contribution in [0.25, 0.3) is 0 Å². The highest BCUT2D eigenvalue weighted by atomic mass is 19.1. The Labute approximate surface area is 89.1 Å². The van der Waals surface area contributed by atoms with Crippen LogP contribution in [-0.4, -0.2) is 25.2 Å². The van der Waals surface area contributed by atoms with Crippen molar-refractivity contribution in [3.8, 4) is 0 Å². The van der Waals surface area contributed by atoms with Gasteiger partial charge in [0.25, 0.3) is 0 Å². The number of nitrogens with one attached hydrogen (secondary N) is 1. The Hall–Kier alpha value is -1.09. The maximum absolute atomic E-state index is 13.1. The molecule has 15 heavy (non-hydrogen) atoms. The Kier molecular flexibility index (Phi) is 2.13. The van der Waals surface area contributed by atoms with E-state index >= 15 is 0 Å². The lowest BCUT2D eigenvalue weighted by Crippen LogP contribution is -2.51. The van der Waals surface area contributed by atoms with Crippen LogP contribution in [0.1, 0.15) is 12.8 Å². The van der Waals surface area contributed by atoms with Crippen LogP contribution in [0.15, 0.2) is 24.3 Å². The predicted octanol–water partition coefficient (Wildman–Crippen LogP) is 1.77. The van der Waals surface area contributed by atoms with Gasteiger partial charge in [0.15, 0.2) is 0 Å². The number of anilines is 1. The summed E-state index contributed by atoms with van der Waals surface area (Å²) in [5, 5.41) is 3.57. The zero-order valence-electron chi connectivity index (χ0n) is 8.62. The molecule has 0 saturated carbocycles. The molecule has 2 atom stereocenters. The van der Waals surface area contributed by atoms with Gasteiger partial charge in [-0.25, -0.2) is 4.39 Å². The van der Waals surface area contributed by atoms with Crippen molar-refractivity contribution in [3.05, 3.63) is 30.1 Å². The molecule has 1 aromatic carbocycles. The fraction of sp³-hybridized carbons (Fsp3) is 0.500. The molecule has 3 rings (SSSR count). The van der Waals surface area contributed by atoms with Gasteiger partial charge in [0.05, 0.1) is 0 Å². The molecular formula is C12H15FN2. The quantitative estimate of drug-likeness (QED) is 0.753. The van der Waals surface area contributed by atoms with Crippen molar-refractivity contribution >= 4 is 5.69 Å². The maximum Gasteiger partial charge on any atom is 0.125 e. The second-order valence-corrected chi connectivity index (χ2v) is 4.52. The van der Waals surface area contributed by atoms with E-state index in [-0.39, 0.29) is 5.82 Å². The molecule has 2 bridgehead atoms. The number of fused-ring (bicyclic) bond motifs is 2. The van der Waals surface area contributed by atoms with E-state index < -0.39 is 0 Å². The Morgan fingerprint density at radius 3 is 2.60 bits per heavy atom. The van der Waals surface area contributed by atoms with Gasteiger partial charge in [0, 0.05) is 30.9 Å². The van der Waals surface area contributed by atoms with E-state index in [2.05, 4.69) is 10.2 Å². The second-order valence-electron chi connectivity index (χ2n) is 4.52.